The molecule has 0 N–H and O–H groups in total. The Labute approximate surface area is 123 Å². The molecular formula is C18H14NO2. The van der Waals surface area contributed by atoms with E-state index in [9.17, 15) is 9.59 Å². The third-order valence-corrected chi connectivity index (χ3v) is 2.66. The van der Waals surface area contributed by atoms with Gasteiger partial charge >= 0.3 is 0 Å². The first kappa shape index (κ1) is 14.5. The molecule has 0 heterocycles. The average Bonchev–Trinajstić information content (AvgIpc) is 2.53. The number of benzene rings is 2. The predicted molar refractivity (Wildman–Crippen MR) is 83.1 cm³/mol. The molecule has 2 amide bonds. The van der Waals surface area contributed by atoms with E-state index in [-0.39, 0.29) is 0 Å². The summed E-state index contributed by atoms with van der Waals surface area (Å²) in [6.45, 7) is 0. The van der Waals surface area contributed by atoms with E-state index in [1.165, 1.54) is 12.2 Å². The largest absolute Gasteiger partial charge is 0.273 e. The monoisotopic (exact) mass is 276 g/mol. The molecule has 0 aliphatic rings. The predicted octanol–water partition coefficient (Wildman–Crippen LogP) is 3.07. The van der Waals surface area contributed by atoms with Gasteiger partial charge in [-0.25, -0.2) is 0 Å². The number of carbonyl (C=O) groups excluding carboxylic acids is 2. The second-order valence-corrected chi connectivity index (χ2v) is 4.28. The fourth-order valence-electron chi connectivity index (χ4n) is 1.65. The summed E-state index contributed by atoms with van der Waals surface area (Å²) in [5, 5.41) is 3.46. The number of rotatable bonds is 4. The van der Waals surface area contributed by atoms with Crippen molar-refractivity contribution in [1.82, 2.24) is 5.32 Å². The molecule has 2 rings (SSSR count). The highest BCUT2D eigenvalue weighted by molar-refractivity contribution is 6.07. The van der Waals surface area contributed by atoms with Crippen LogP contribution >= 0.6 is 0 Å². The van der Waals surface area contributed by atoms with Crippen molar-refractivity contribution in [3.63, 3.8) is 0 Å². The lowest BCUT2D eigenvalue weighted by molar-refractivity contribution is -0.125. The molecule has 3 nitrogen and oxygen atoms in total. The molecule has 0 spiro atoms. The van der Waals surface area contributed by atoms with Gasteiger partial charge in [0.25, 0.3) is 11.8 Å². The van der Waals surface area contributed by atoms with Crippen molar-refractivity contribution >= 4 is 24.0 Å². The van der Waals surface area contributed by atoms with Crippen LogP contribution in [0.1, 0.15) is 11.1 Å². The van der Waals surface area contributed by atoms with Crippen LogP contribution in [0.15, 0.2) is 72.8 Å². The van der Waals surface area contributed by atoms with Crippen LogP contribution in [-0.4, -0.2) is 11.8 Å². The number of carbonyl (C=O) groups is 2. The van der Waals surface area contributed by atoms with Crippen LogP contribution in [0.25, 0.3) is 12.2 Å². The van der Waals surface area contributed by atoms with Crippen molar-refractivity contribution in [2.45, 2.75) is 0 Å². The molecule has 0 aliphatic carbocycles. The van der Waals surface area contributed by atoms with Crippen LogP contribution < -0.4 is 5.32 Å². The number of imide groups is 1. The highest BCUT2D eigenvalue weighted by Gasteiger charge is 2.03. The van der Waals surface area contributed by atoms with Crippen molar-refractivity contribution in [3.8, 4) is 0 Å². The lowest BCUT2D eigenvalue weighted by Gasteiger charge is -1.93. The summed E-state index contributed by atoms with van der Waals surface area (Å²) in [4.78, 5) is 23.1. The Morgan fingerprint density at radius 2 is 1.05 bits per heavy atom. The van der Waals surface area contributed by atoms with Crippen LogP contribution in [-0.2, 0) is 9.59 Å². The van der Waals surface area contributed by atoms with Gasteiger partial charge in [-0.2, -0.15) is 5.32 Å². The molecular weight excluding hydrogens is 262 g/mol. The first-order chi connectivity index (χ1) is 10.2. The average molecular weight is 276 g/mol. The second-order valence-electron chi connectivity index (χ2n) is 4.28. The third-order valence-electron chi connectivity index (χ3n) is 2.66. The molecule has 0 aliphatic heterocycles. The summed E-state index contributed by atoms with van der Waals surface area (Å²) >= 11 is 0. The number of hydrogen-bond donors (Lipinski definition) is 0. The number of nitrogens with zero attached hydrogens (tertiary/aromatic N) is 1. The minimum atomic E-state index is -0.568. The van der Waals surface area contributed by atoms with Gasteiger partial charge in [-0.15, -0.1) is 0 Å². The standard InChI is InChI=1S/C18H14NO2/c20-17(13-11-15-7-3-1-4-8-15)19-18(21)14-12-16-9-5-2-6-10-16/h1-14H. The molecule has 2 aromatic carbocycles. The minimum absolute atomic E-state index is 0.568. The summed E-state index contributed by atoms with van der Waals surface area (Å²) in [5.41, 5.74) is 1.77. The molecule has 0 aromatic heterocycles. The number of hydrogen-bond acceptors (Lipinski definition) is 2. The molecule has 0 saturated carbocycles. The maximum atomic E-state index is 11.5. The first-order valence-electron chi connectivity index (χ1n) is 6.50. The van der Waals surface area contributed by atoms with E-state index in [0.29, 0.717) is 0 Å². The number of amides is 2. The van der Waals surface area contributed by atoms with E-state index in [1.54, 1.807) is 12.2 Å². The van der Waals surface area contributed by atoms with Crippen molar-refractivity contribution < 1.29 is 9.59 Å². The molecule has 0 fully saturated rings. The zero-order valence-corrected chi connectivity index (χ0v) is 11.3. The summed E-state index contributed by atoms with van der Waals surface area (Å²) in [6.07, 6.45) is 5.81. The summed E-state index contributed by atoms with van der Waals surface area (Å²) in [7, 11) is 0. The lowest BCUT2D eigenvalue weighted by atomic mass is 10.2. The summed E-state index contributed by atoms with van der Waals surface area (Å²) < 4.78 is 0. The maximum absolute atomic E-state index is 11.5. The summed E-state index contributed by atoms with van der Waals surface area (Å²) in [6, 6.07) is 18.7. The SMILES string of the molecule is O=C(C=Cc1ccccc1)[N]C(=O)C=Cc1ccccc1. The Morgan fingerprint density at radius 3 is 1.43 bits per heavy atom. The van der Waals surface area contributed by atoms with E-state index in [1.807, 2.05) is 60.7 Å². The Bertz CT molecular complexity index is 599. The fraction of sp³-hybridized carbons (Fsp3) is 0. The van der Waals surface area contributed by atoms with Crippen LogP contribution in [0, 0.1) is 0 Å². The van der Waals surface area contributed by atoms with Crippen LogP contribution in [0.5, 0.6) is 0 Å². The van der Waals surface area contributed by atoms with Crippen LogP contribution in [0.2, 0.25) is 0 Å². The molecule has 0 bridgehead atoms. The van der Waals surface area contributed by atoms with E-state index in [2.05, 4.69) is 5.32 Å². The van der Waals surface area contributed by atoms with Gasteiger partial charge in [-0.3, -0.25) is 9.59 Å². The van der Waals surface area contributed by atoms with E-state index < -0.39 is 11.8 Å². The zero-order valence-electron chi connectivity index (χ0n) is 11.3. The van der Waals surface area contributed by atoms with Crippen LogP contribution in [0.3, 0.4) is 0 Å². The maximum Gasteiger partial charge on any atom is 0.273 e. The topological polar surface area (TPSA) is 48.2 Å². The van der Waals surface area contributed by atoms with Gasteiger partial charge in [0.2, 0.25) is 0 Å². The van der Waals surface area contributed by atoms with Gasteiger partial charge < -0.3 is 0 Å². The first-order valence-corrected chi connectivity index (χ1v) is 6.50. The molecule has 1 radical (unpaired) electrons. The van der Waals surface area contributed by atoms with Gasteiger partial charge in [-0.1, -0.05) is 60.7 Å². The highest BCUT2D eigenvalue weighted by atomic mass is 16.2. The van der Waals surface area contributed by atoms with Crippen molar-refractivity contribution in [2.75, 3.05) is 0 Å². The summed E-state index contributed by atoms with van der Waals surface area (Å²) in [5.74, 6) is -1.14. The van der Waals surface area contributed by atoms with E-state index in [0.717, 1.165) is 11.1 Å². The minimum Gasteiger partial charge on any atom is -0.267 e. The van der Waals surface area contributed by atoms with E-state index in [4.69, 9.17) is 0 Å². The molecule has 2 aromatic rings. The van der Waals surface area contributed by atoms with E-state index >= 15 is 0 Å². The zero-order chi connectivity index (χ0) is 14.9. The smallest absolute Gasteiger partial charge is 0.267 e. The Kier molecular flexibility index (Phi) is 5.24. The lowest BCUT2D eigenvalue weighted by Crippen LogP contribution is -2.18. The van der Waals surface area contributed by atoms with Crippen molar-refractivity contribution in [2.24, 2.45) is 0 Å². The highest BCUT2D eigenvalue weighted by Crippen LogP contribution is 2.02. The van der Waals surface area contributed by atoms with Gasteiger partial charge in [0.05, 0.1) is 0 Å². The Balaban J connectivity index is 1.87. The molecule has 0 saturated heterocycles. The quantitative estimate of drug-likeness (QED) is 0.806. The third kappa shape index (κ3) is 5.28. The molecule has 3 heteroatoms. The van der Waals surface area contributed by atoms with Crippen molar-refractivity contribution in [1.29, 1.82) is 0 Å². The van der Waals surface area contributed by atoms with Gasteiger partial charge in [0.15, 0.2) is 0 Å². The fourth-order valence-corrected chi connectivity index (χ4v) is 1.65. The second kappa shape index (κ2) is 7.60. The molecule has 103 valence electrons. The van der Waals surface area contributed by atoms with Crippen LogP contribution in [0.4, 0.5) is 0 Å². The Hall–Kier alpha value is -2.94. The molecule has 0 unspecified atom stereocenters. The molecule has 0 atom stereocenters. The van der Waals surface area contributed by atoms with Gasteiger partial charge in [0, 0.05) is 12.2 Å². The normalized spacial score (nSPS) is 10.9. The molecule has 21 heavy (non-hydrogen) atoms. The van der Waals surface area contributed by atoms with Crippen molar-refractivity contribution in [3.05, 3.63) is 83.9 Å². The van der Waals surface area contributed by atoms with Gasteiger partial charge in [-0.05, 0) is 23.3 Å². The Morgan fingerprint density at radius 1 is 0.667 bits per heavy atom. The van der Waals surface area contributed by atoms with Gasteiger partial charge in [0.1, 0.15) is 0 Å².